The SMILES string of the molecule is Cc1cc(Cc2ccc(NS(C)(=O)=O)c(C#N)c2)n(C)c1C(=O)c1ccc(Cl)cc1. The number of benzene rings is 2. The van der Waals surface area contributed by atoms with E-state index in [-0.39, 0.29) is 17.0 Å². The summed E-state index contributed by atoms with van der Waals surface area (Å²) < 4.78 is 27.1. The highest BCUT2D eigenvalue weighted by atomic mass is 35.5. The van der Waals surface area contributed by atoms with Gasteiger partial charge in [-0.15, -0.1) is 0 Å². The number of anilines is 1. The number of ketones is 1. The molecule has 0 fully saturated rings. The Hall–Kier alpha value is -3.08. The van der Waals surface area contributed by atoms with E-state index in [1.807, 2.05) is 30.7 Å². The van der Waals surface area contributed by atoms with Crippen LogP contribution in [0.25, 0.3) is 0 Å². The van der Waals surface area contributed by atoms with E-state index in [0.29, 0.717) is 22.7 Å². The Bertz CT molecular complexity index is 1270. The normalized spacial score (nSPS) is 11.2. The second-order valence-corrected chi connectivity index (χ2v) is 9.29. The van der Waals surface area contributed by atoms with Crippen LogP contribution in [0, 0.1) is 18.3 Å². The lowest BCUT2D eigenvalue weighted by atomic mass is 10.0. The fraction of sp³-hybridized carbons (Fsp3) is 0.182. The summed E-state index contributed by atoms with van der Waals surface area (Å²) in [5.41, 5.74) is 4.20. The highest BCUT2D eigenvalue weighted by molar-refractivity contribution is 7.92. The van der Waals surface area contributed by atoms with Crippen molar-refractivity contribution in [3.05, 3.63) is 87.2 Å². The average molecular weight is 442 g/mol. The molecule has 1 heterocycles. The maximum Gasteiger partial charge on any atom is 0.229 e. The van der Waals surface area contributed by atoms with Crippen molar-refractivity contribution < 1.29 is 13.2 Å². The number of sulfonamides is 1. The molecule has 0 unspecified atom stereocenters. The fourth-order valence-electron chi connectivity index (χ4n) is 3.35. The largest absolute Gasteiger partial charge is 0.344 e. The Morgan fingerprint density at radius 1 is 1.17 bits per heavy atom. The van der Waals surface area contributed by atoms with Crippen molar-refractivity contribution in [2.75, 3.05) is 11.0 Å². The quantitative estimate of drug-likeness (QED) is 0.584. The zero-order valence-corrected chi connectivity index (χ0v) is 18.3. The first-order valence-electron chi connectivity index (χ1n) is 9.05. The average Bonchev–Trinajstić information content (AvgIpc) is 2.95. The molecule has 0 bridgehead atoms. The molecule has 154 valence electrons. The van der Waals surface area contributed by atoms with Crippen molar-refractivity contribution in [1.82, 2.24) is 4.57 Å². The number of halogens is 1. The van der Waals surface area contributed by atoms with Crippen LogP contribution in [-0.4, -0.2) is 25.0 Å². The highest BCUT2D eigenvalue weighted by Gasteiger charge is 2.19. The van der Waals surface area contributed by atoms with Gasteiger partial charge in [0.05, 0.1) is 23.2 Å². The minimum absolute atomic E-state index is 0.0941. The van der Waals surface area contributed by atoms with E-state index in [2.05, 4.69) is 4.72 Å². The van der Waals surface area contributed by atoms with Crippen LogP contribution in [0.2, 0.25) is 5.02 Å². The third kappa shape index (κ3) is 4.73. The molecular formula is C22H20ClN3O3S. The van der Waals surface area contributed by atoms with Crippen LogP contribution < -0.4 is 4.72 Å². The molecule has 30 heavy (non-hydrogen) atoms. The molecule has 0 aliphatic carbocycles. The molecule has 0 aliphatic rings. The summed E-state index contributed by atoms with van der Waals surface area (Å²) in [6.45, 7) is 1.88. The van der Waals surface area contributed by atoms with E-state index in [1.165, 1.54) is 0 Å². The molecule has 8 heteroatoms. The topological polar surface area (TPSA) is 92.0 Å². The number of nitrogens with one attached hydrogen (secondary N) is 1. The Kier molecular flexibility index (Phi) is 6.01. The van der Waals surface area contributed by atoms with Gasteiger partial charge in [0.25, 0.3) is 0 Å². The summed E-state index contributed by atoms with van der Waals surface area (Å²) >= 11 is 5.91. The summed E-state index contributed by atoms with van der Waals surface area (Å²) in [4.78, 5) is 13.0. The number of hydrogen-bond donors (Lipinski definition) is 1. The van der Waals surface area contributed by atoms with E-state index < -0.39 is 10.0 Å². The number of hydrogen-bond acceptors (Lipinski definition) is 4. The fourth-order valence-corrected chi connectivity index (χ4v) is 4.06. The predicted octanol–water partition coefficient (Wildman–Crippen LogP) is 4.05. The number of rotatable bonds is 6. The molecular weight excluding hydrogens is 422 g/mol. The van der Waals surface area contributed by atoms with Gasteiger partial charge in [-0.2, -0.15) is 5.26 Å². The van der Waals surface area contributed by atoms with Gasteiger partial charge in [0.15, 0.2) is 0 Å². The Morgan fingerprint density at radius 2 is 1.83 bits per heavy atom. The minimum Gasteiger partial charge on any atom is -0.344 e. The van der Waals surface area contributed by atoms with Gasteiger partial charge in [-0.3, -0.25) is 9.52 Å². The third-order valence-electron chi connectivity index (χ3n) is 4.73. The molecule has 3 aromatic rings. The highest BCUT2D eigenvalue weighted by Crippen LogP contribution is 2.24. The van der Waals surface area contributed by atoms with Crippen molar-refractivity contribution in [2.24, 2.45) is 7.05 Å². The predicted molar refractivity (Wildman–Crippen MR) is 117 cm³/mol. The number of aromatic nitrogens is 1. The van der Waals surface area contributed by atoms with E-state index in [1.54, 1.807) is 42.5 Å². The van der Waals surface area contributed by atoms with E-state index >= 15 is 0 Å². The van der Waals surface area contributed by atoms with Gasteiger partial charge in [0.2, 0.25) is 15.8 Å². The Morgan fingerprint density at radius 3 is 2.43 bits per heavy atom. The number of carbonyl (C=O) groups is 1. The number of aryl methyl sites for hydroxylation is 1. The lowest BCUT2D eigenvalue weighted by Crippen LogP contribution is -2.11. The van der Waals surface area contributed by atoms with Crippen molar-refractivity contribution >= 4 is 33.1 Å². The Labute approximate surface area is 180 Å². The minimum atomic E-state index is -3.48. The lowest BCUT2D eigenvalue weighted by Gasteiger charge is -2.10. The number of carbonyl (C=O) groups excluding carboxylic acids is 1. The molecule has 6 nitrogen and oxygen atoms in total. The molecule has 3 rings (SSSR count). The maximum atomic E-state index is 13.0. The first-order chi connectivity index (χ1) is 14.1. The second kappa shape index (κ2) is 8.34. The zero-order chi connectivity index (χ0) is 22.1. The van der Waals surface area contributed by atoms with Crippen molar-refractivity contribution in [1.29, 1.82) is 5.26 Å². The summed E-state index contributed by atoms with van der Waals surface area (Å²) in [5, 5.41) is 9.95. The Balaban J connectivity index is 1.91. The molecule has 1 aromatic heterocycles. The molecule has 1 N–H and O–H groups in total. The summed E-state index contributed by atoms with van der Waals surface area (Å²) in [5.74, 6) is -0.0941. The standard InChI is InChI=1S/C22H20ClN3O3S/c1-14-10-19(26(2)21(14)22(27)16-5-7-18(23)8-6-16)12-15-4-9-20(17(11-15)13-24)25-30(3,28)29/h4-11,25H,12H2,1-3H3. The summed E-state index contributed by atoms with van der Waals surface area (Å²) in [6, 6.07) is 15.7. The van der Waals surface area contributed by atoms with Gasteiger partial charge in [-0.05, 0) is 60.5 Å². The van der Waals surface area contributed by atoms with Gasteiger partial charge in [-0.1, -0.05) is 17.7 Å². The molecule has 0 aliphatic heterocycles. The molecule has 0 saturated heterocycles. The summed E-state index contributed by atoms with van der Waals surface area (Å²) in [7, 11) is -1.65. The van der Waals surface area contributed by atoms with Crippen LogP contribution in [0.3, 0.4) is 0 Å². The zero-order valence-electron chi connectivity index (χ0n) is 16.7. The first-order valence-corrected chi connectivity index (χ1v) is 11.3. The van der Waals surface area contributed by atoms with Crippen molar-refractivity contribution in [3.63, 3.8) is 0 Å². The van der Waals surface area contributed by atoms with Crippen LogP contribution in [-0.2, 0) is 23.5 Å². The third-order valence-corrected chi connectivity index (χ3v) is 5.57. The molecule has 0 spiro atoms. The smallest absolute Gasteiger partial charge is 0.229 e. The van der Waals surface area contributed by atoms with E-state index in [0.717, 1.165) is 23.1 Å². The molecule has 0 atom stereocenters. The van der Waals surface area contributed by atoms with Gasteiger partial charge in [0.1, 0.15) is 6.07 Å². The van der Waals surface area contributed by atoms with Crippen LogP contribution >= 0.6 is 11.6 Å². The molecule has 0 amide bonds. The van der Waals surface area contributed by atoms with Gasteiger partial charge >= 0.3 is 0 Å². The number of nitrogens with zero attached hydrogens (tertiary/aromatic N) is 2. The van der Waals surface area contributed by atoms with E-state index in [9.17, 15) is 18.5 Å². The lowest BCUT2D eigenvalue weighted by molar-refractivity contribution is 0.103. The van der Waals surface area contributed by atoms with Crippen LogP contribution in [0.1, 0.15) is 38.4 Å². The molecule has 0 saturated carbocycles. The van der Waals surface area contributed by atoms with Gasteiger partial charge in [0, 0.05) is 29.7 Å². The van der Waals surface area contributed by atoms with Crippen molar-refractivity contribution in [2.45, 2.75) is 13.3 Å². The van der Waals surface area contributed by atoms with Crippen LogP contribution in [0.4, 0.5) is 5.69 Å². The van der Waals surface area contributed by atoms with Crippen LogP contribution in [0.5, 0.6) is 0 Å². The van der Waals surface area contributed by atoms with Gasteiger partial charge < -0.3 is 4.57 Å². The van der Waals surface area contributed by atoms with E-state index in [4.69, 9.17) is 11.6 Å². The van der Waals surface area contributed by atoms with Gasteiger partial charge in [-0.25, -0.2) is 8.42 Å². The second-order valence-electron chi connectivity index (χ2n) is 7.11. The number of nitriles is 1. The monoisotopic (exact) mass is 441 g/mol. The van der Waals surface area contributed by atoms with Crippen molar-refractivity contribution in [3.8, 4) is 6.07 Å². The molecule has 2 aromatic carbocycles. The maximum absolute atomic E-state index is 13.0. The molecule has 0 radical (unpaired) electrons. The summed E-state index contributed by atoms with van der Waals surface area (Å²) in [6.07, 6.45) is 1.52. The first kappa shape index (κ1) is 21.6. The van der Waals surface area contributed by atoms with Crippen LogP contribution in [0.15, 0.2) is 48.5 Å².